The van der Waals surface area contributed by atoms with E-state index >= 15 is 0 Å². The molecule has 0 radical (unpaired) electrons. The Hall–Kier alpha value is -1.97. The lowest BCUT2D eigenvalue weighted by Gasteiger charge is -2.30. The van der Waals surface area contributed by atoms with Crippen LogP contribution >= 0.6 is 0 Å². The number of ether oxygens (including phenoxy) is 2. The van der Waals surface area contributed by atoms with E-state index in [1.807, 2.05) is 6.07 Å². The van der Waals surface area contributed by atoms with E-state index in [2.05, 4.69) is 29.2 Å². The maximum atomic E-state index is 13.0. The molecule has 0 N–H and O–H groups in total. The van der Waals surface area contributed by atoms with Crippen LogP contribution in [0.25, 0.3) is 0 Å². The first-order valence-electron chi connectivity index (χ1n) is 9.18. The maximum Gasteiger partial charge on any atom is 0.226 e. The van der Waals surface area contributed by atoms with Crippen LogP contribution in [0.3, 0.4) is 0 Å². The van der Waals surface area contributed by atoms with E-state index in [1.165, 1.54) is 5.56 Å². The first kappa shape index (κ1) is 15.6. The molecule has 0 aromatic heterocycles. The Balaban J connectivity index is 1.55. The maximum absolute atomic E-state index is 13.0. The Morgan fingerprint density at radius 1 is 1.04 bits per heavy atom. The molecule has 2 aliphatic heterocycles. The minimum Gasteiger partial charge on any atom is -0.490 e. The topological polar surface area (TPSA) is 38.8 Å². The van der Waals surface area contributed by atoms with Crippen molar-refractivity contribution in [3.05, 3.63) is 35.9 Å². The van der Waals surface area contributed by atoms with Gasteiger partial charge < -0.3 is 14.4 Å². The summed E-state index contributed by atoms with van der Waals surface area (Å²) in [4.78, 5) is 15.1. The van der Waals surface area contributed by atoms with Gasteiger partial charge in [-0.25, -0.2) is 0 Å². The average molecular weight is 327 g/mol. The molecule has 1 fully saturated rings. The highest BCUT2D eigenvalue weighted by Gasteiger charge is 2.34. The molecule has 1 aliphatic carbocycles. The van der Waals surface area contributed by atoms with Crippen LogP contribution in [0.15, 0.2) is 30.4 Å². The van der Waals surface area contributed by atoms with E-state index in [4.69, 9.17) is 9.47 Å². The van der Waals surface area contributed by atoms with Crippen molar-refractivity contribution in [2.24, 2.45) is 5.92 Å². The second kappa shape index (κ2) is 6.88. The van der Waals surface area contributed by atoms with Gasteiger partial charge >= 0.3 is 0 Å². The quantitative estimate of drug-likeness (QED) is 0.774. The molecule has 0 unspecified atom stereocenters. The molecular weight excluding hydrogens is 302 g/mol. The van der Waals surface area contributed by atoms with E-state index in [9.17, 15) is 4.79 Å². The van der Waals surface area contributed by atoms with Crippen LogP contribution in [0, 0.1) is 5.92 Å². The third-order valence-corrected chi connectivity index (χ3v) is 5.31. The lowest BCUT2D eigenvalue weighted by atomic mass is 9.92. The van der Waals surface area contributed by atoms with E-state index < -0.39 is 0 Å². The molecule has 2 heterocycles. The fourth-order valence-corrected chi connectivity index (χ4v) is 4.02. The highest BCUT2D eigenvalue weighted by Crippen LogP contribution is 2.39. The lowest BCUT2D eigenvalue weighted by Crippen LogP contribution is -2.36. The normalized spacial score (nSPS) is 26.2. The number of benzene rings is 1. The number of allylic oxidation sites excluding steroid dienone is 2. The second-order valence-electron chi connectivity index (χ2n) is 6.93. The van der Waals surface area contributed by atoms with Crippen LogP contribution in [0.5, 0.6) is 11.5 Å². The van der Waals surface area contributed by atoms with Crippen molar-refractivity contribution >= 4 is 5.91 Å². The van der Waals surface area contributed by atoms with Gasteiger partial charge in [-0.1, -0.05) is 18.2 Å². The molecule has 0 bridgehead atoms. The van der Waals surface area contributed by atoms with Crippen molar-refractivity contribution < 1.29 is 14.3 Å². The van der Waals surface area contributed by atoms with Gasteiger partial charge in [0.2, 0.25) is 5.91 Å². The zero-order valence-corrected chi connectivity index (χ0v) is 14.1. The standard InChI is InChI=1S/C20H25NO3/c22-20(15-6-2-1-3-7-15)21-11-4-8-17(21)16-9-10-18-19(14-16)24-13-5-12-23-18/h1-2,9-10,14-15,17H,3-8,11-13H2/t15-,17+/m0/s1. The number of fused-ring (bicyclic) bond motifs is 1. The summed E-state index contributed by atoms with van der Waals surface area (Å²) in [6, 6.07) is 6.36. The zero-order valence-electron chi connectivity index (χ0n) is 14.1. The molecule has 3 aliphatic rings. The summed E-state index contributed by atoms with van der Waals surface area (Å²) >= 11 is 0. The van der Waals surface area contributed by atoms with Crippen LogP contribution < -0.4 is 9.47 Å². The molecule has 2 atom stereocenters. The molecule has 1 amide bonds. The Labute approximate surface area is 143 Å². The number of nitrogens with zero attached hydrogens (tertiary/aromatic N) is 1. The van der Waals surface area contributed by atoms with Crippen LogP contribution in [0.4, 0.5) is 0 Å². The highest BCUT2D eigenvalue weighted by atomic mass is 16.5. The van der Waals surface area contributed by atoms with E-state index in [0.717, 1.165) is 56.6 Å². The van der Waals surface area contributed by atoms with Crippen molar-refractivity contribution in [3.8, 4) is 11.5 Å². The van der Waals surface area contributed by atoms with Gasteiger partial charge in [-0.2, -0.15) is 0 Å². The number of hydrogen-bond acceptors (Lipinski definition) is 3. The molecule has 4 heteroatoms. The summed E-state index contributed by atoms with van der Waals surface area (Å²) in [5.41, 5.74) is 1.18. The highest BCUT2D eigenvalue weighted by molar-refractivity contribution is 5.80. The Kier molecular flexibility index (Phi) is 4.46. The van der Waals surface area contributed by atoms with Gasteiger partial charge in [0.05, 0.1) is 19.3 Å². The fraction of sp³-hybridized carbons (Fsp3) is 0.550. The molecule has 0 spiro atoms. The van der Waals surface area contributed by atoms with Crippen LogP contribution in [0.2, 0.25) is 0 Å². The predicted octanol–water partition coefficient (Wildman–Crippen LogP) is 3.87. The predicted molar refractivity (Wildman–Crippen MR) is 92.2 cm³/mol. The van der Waals surface area contributed by atoms with Crippen molar-refractivity contribution in [2.45, 2.75) is 44.6 Å². The molecule has 128 valence electrons. The molecule has 0 saturated carbocycles. The minimum absolute atomic E-state index is 0.163. The fourth-order valence-electron chi connectivity index (χ4n) is 4.02. The zero-order chi connectivity index (χ0) is 16.4. The third-order valence-electron chi connectivity index (χ3n) is 5.31. The van der Waals surface area contributed by atoms with Gasteiger partial charge in [0.1, 0.15) is 0 Å². The van der Waals surface area contributed by atoms with E-state index in [-0.39, 0.29) is 12.0 Å². The number of likely N-dealkylation sites (tertiary alicyclic amines) is 1. The largest absolute Gasteiger partial charge is 0.490 e. The van der Waals surface area contributed by atoms with Crippen molar-refractivity contribution in [2.75, 3.05) is 19.8 Å². The summed E-state index contributed by atoms with van der Waals surface area (Å²) in [7, 11) is 0. The number of carbonyl (C=O) groups excluding carboxylic acids is 1. The minimum atomic E-state index is 0.163. The smallest absolute Gasteiger partial charge is 0.226 e. The van der Waals surface area contributed by atoms with Gasteiger partial charge in [-0.05, 0) is 49.8 Å². The van der Waals surface area contributed by atoms with Crippen LogP contribution in [0.1, 0.15) is 50.1 Å². The molecule has 1 saturated heterocycles. The summed E-state index contributed by atoms with van der Waals surface area (Å²) in [5, 5.41) is 0. The summed E-state index contributed by atoms with van der Waals surface area (Å²) in [5.74, 6) is 2.14. The molecule has 4 nitrogen and oxygen atoms in total. The van der Waals surface area contributed by atoms with Crippen molar-refractivity contribution in [1.82, 2.24) is 4.90 Å². The molecule has 4 rings (SSSR count). The first-order valence-corrected chi connectivity index (χ1v) is 9.18. The number of hydrogen-bond donors (Lipinski definition) is 0. The van der Waals surface area contributed by atoms with Gasteiger partial charge in [-0.15, -0.1) is 0 Å². The summed E-state index contributed by atoms with van der Waals surface area (Å²) in [6.45, 7) is 2.27. The Morgan fingerprint density at radius 3 is 2.75 bits per heavy atom. The van der Waals surface area contributed by atoms with E-state index in [0.29, 0.717) is 19.1 Å². The second-order valence-corrected chi connectivity index (χ2v) is 6.93. The van der Waals surface area contributed by atoms with Gasteiger partial charge in [0, 0.05) is 18.9 Å². The molecular formula is C20H25NO3. The lowest BCUT2D eigenvalue weighted by molar-refractivity contribution is -0.136. The summed E-state index contributed by atoms with van der Waals surface area (Å²) < 4.78 is 11.5. The molecule has 1 aromatic rings. The monoisotopic (exact) mass is 327 g/mol. The number of amides is 1. The first-order chi connectivity index (χ1) is 11.8. The third kappa shape index (κ3) is 3.02. The van der Waals surface area contributed by atoms with Gasteiger partial charge in [0.15, 0.2) is 11.5 Å². The SMILES string of the molecule is O=C([C@H]1CC=CCC1)N1CCC[C@@H]1c1ccc2c(c1)OCCCO2. The van der Waals surface area contributed by atoms with Crippen molar-refractivity contribution in [3.63, 3.8) is 0 Å². The van der Waals surface area contributed by atoms with E-state index in [1.54, 1.807) is 0 Å². The van der Waals surface area contributed by atoms with Crippen LogP contribution in [-0.4, -0.2) is 30.6 Å². The average Bonchev–Trinajstić information content (AvgIpc) is 3.00. The van der Waals surface area contributed by atoms with Crippen LogP contribution in [-0.2, 0) is 4.79 Å². The van der Waals surface area contributed by atoms with Gasteiger partial charge in [0.25, 0.3) is 0 Å². The number of carbonyl (C=O) groups is 1. The Morgan fingerprint density at radius 2 is 1.92 bits per heavy atom. The molecule has 1 aromatic carbocycles. The number of rotatable bonds is 2. The molecule has 24 heavy (non-hydrogen) atoms. The van der Waals surface area contributed by atoms with Gasteiger partial charge in [-0.3, -0.25) is 4.79 Å². The Bertz CT molecular complexity index is 640. The van der Waals surface area contributed by atoms with Crippen molar-refractivity contribution in [1.29, 1.82) is 0 Å². The summed E-state index contributed by atoms with van der Waals surface area (Å²) in [6.07, 6.45) is 10.3.